The maximum Gasteiger partial charge on any atom is 0.141 e. The molecule has 18 heavy (non-hydrogen) atoms. The van der Waals surface area contributed by atoms with E-state index in [2.05, 4.69) is 9.55 Å². The first-order chi connectivity index (χ1) is 8.79. The predicted octanol–water partition coefficient (Wildman–Crippen LogP) is 2.76. The molecule has 4 heteroatoms. The fourth-order valence-electron chi connectivity index (χ4n) is 2.52. The van der Waals surface area contributed by atoms with Gasteiger partial charge < -0.3 is 9.67 Å². The van der Waals surface area contributed by atoms with Crippen molar-refractivity contribution in [1.82, 2.24) is 9.55 Å². The van der Waals surface area contributed by atoms with Gasteiger partial charge in [0, 0.05) is 36.5 Å². The lowest BCUT2D eigenvalue weighted by Gasteiger charge is -2.24. The van der Waals surface area contributed by atoms with Gasteiger partial charge in [-0.25, -0.2) is 4.98 Å². The minimum absolute atomic E-state index is 0.236. The van der Waals surface area contributed by atoms with Gasteiger partial charge in [-0.15, -0.1) is 0 Å². The van der Waals surface area contributed by atoms with Crippen molar-refractivity contribution >= 4 is 11.6 Å². The smallest absolute Gasteiger partial charge is 0.141 e. The van der Waals surface area contributed by atoms with Crippen LogP contribution in [0.5, 0.6) is 0 Å². The number of imidazole rings is 1. The van der Waals surface area contributed by atoms with Gasteiger partial charge >= 0.3 is 0 Å². The fourth-order valence-corrected chi connectivity index (χ4v) is 2.74. The summed E-state index contributed by atoms with van der Waals surface area (Å²) in [6.45, 7) is 1.06. The molecule has 0 saturated carbocycles. The van der Waals surface area contributed by atoms with Crippen LogP contribution in [0, 0.1) is 5.92 Å². The molecule has 1 aliphatic heterocycles. The summed E-state index contributed by atoms with van der Waals surface area (Å²) in [5.74, 6) is 1.24. The zero-order valence-corrected chi connectivity index (χ0v) is 10.8. The summed E-state index contributed by atoms with van der Waals surface area (Å²) < 4.78 is 2.19. The van der Waals surface area contributed by atoms with Gasteiger partial charge in [0.15, 0.2) is 0 Å². The normalized spacial score (nSPS) is 18.7. The van der Waals surface area contributed by atoms with Crippen LogP contribution < -0.4 is 0 Å². The van der Waals surface area contributed by atoms with Gasteiger partial charge in [0.2, 0.25) is 0 Å². The molecule has 1 atom stereocenters. The Labute approximate surface area is 111 Å². The van der Waals surface area contributed by atoms with Crippen LogP contribution in [-0.4, -0.2) is 21.3 Å². The summed E-state index contributed by atoms with van der Waals surface area (Å²) in [5, 5.41) is 10.0. The third-order valence-electron chi connectivity index (χ3n) is 3.56. The molecule has 0 saturated heterocycles. The Kier molecular flexibility index (Phi) is 3.10. The van der Waals surface area contributed by atoms with Crippen LogP contribution >= 0.6 is 11.6 Å². The van der Waals surface area contributed by atoms with Gasteiger partial charge in [-0.1, -0.05) is 23.7 Å². The SMILES string of the molecule is OCC1CCc2cnc(-c3ccccc3Cl)n2C1. The van der Waals surface area contributed by atoms with Crippen molar-refractivity contribution in [3.8, 4) is 11.4 Å². The molecular weight excluding hydrogens is 248 g/mol. The van der Waals surface area contributed by atoms with Gasteiger partial charge in [-0.2, -0.15) is 0 Å². The molecule has 0 fully saturated rings. The second kappa shape index (κ2) is 4.75. The molecular formula is C14H15ClN2O. The van der Waals surface area contributed by atoms with Crippen molar-refractivity contribution in [3.05, 3.63) is 41.2 Å². The third-order valence-corrected chi connectivity index (χ3v) is 3.89. The third kappa shape index (κ3) is 1.93. The molecule has 3 nitrogen and oxygen atoms in total. The summed E-state index contributed by atoms with van der Waals surface area (Å²) in [6, 6.07) is 7.75. The van der Waals surface area contributed by atoms with E-state index in [1.807, 2.05) is 30.5 Å². The van der Waals surface area contributed by atoms with E-state index in [1.54, 1.807) is 0 Å². The first kappa shape index (κ1) is 11.8. The molecule has 2 aromatic rings. The first-order valence-electron chi connectivity index (χ1n) is 6.19. The number of aliphatic hydroxyl groups is 1. The second-order valence-electron chi connectivity index (χ2n) is 4.75. The highest BCUT2D eigenvalue weighted by Gasteiger charge is 2.22. The molecule has 0 amide bonds. The largest absolute Gasteiger partial charge is 0.396 e. The number of hydrogen-bond donors (Lipinski definition) is 1. The van der Waals surface area contributed by atoms with Gasteiger partial charge in [0.1, 0.15) is 5.82 Å². The molecule has 1 aromatic carbocycles. The average molecular weight is 263 g/mol. The molecule has 1 N–H and O–H groups in total. The Hall–Kier alpha value is -1.32. The van der Waals surface area contributed by atoms with E-state index in [0.717, 1.165) is 35.8 Å². The zero-order valence-electron chi connectivity index (χ0n) is 10.0. The van der Waals surface area contributed by atoms with Gasteiger partial charge in [0.05, 0.1) is 5.02 Å². The standard InChI is InChI=1S/C14H15ClN2O/c15-13-4-2-1-3-12(13)14-16-7-11-6-5-10(9-18)8-17(11)14/h1-4,7,10,18H,5-6,8-9H2. The highest BCUT2D eigenvalue weighted by atomic mass is 35.5. The highest BCUT2D eigenvalue weighted by Crippen LogP contribution is 2.30. The number of nitrogens with zero attached hydrogens (tertiary/aromatic N) is 2. The minimum atomic E-state index is 0.236. The molecule has 1 aromatic heterocycles. The maximum absolute atomic E-state index is 9.31. The maximum atomic E-state index is 9.31. The van der Waals surface area contributed by atoms with Crippen molar-refractivity contribution < 1.29 is 5.11 Å². The zero-order chi connectivity index (χ0) is 12.5. The monoisotopic (exact) mass is 262 g/mol. The van der Waals surface area contributed by atoms with E-state index < -0.39 is 0 Å². The van der Waals surface area contributed by atoms with Crippen molar-refractivity contribution in [2.24, 2.45) is 5.92 Å². The molecule has 0 radical (unpaired) electrons. The number of fused-ring (bicyclic) bond motifs is 1. The Balaban J connectivity index is 2.05. The lowest BCUT2D eigenvalue weighted by molar-refractivity contribution is 0.192. The van der Waals surface area contributed by atoms with Crippen molar-refractivity contribution in [2.45, 2.75) is 19.4 Å². The Morgan fingerprint density at radius 1 is 1.39 bits per heavy atom. The Morgan fingerprint density at radius 2 is 2.22 bits per heavy atom. The van der Waals surface area contributed by atoms with Crippen molar-refractivity contribution in [1.29, 1.82) is 0 Å². The fraction of sp³-hybridized carbons (Fsp3) is 0.357. The van der Waals surface area contributed by atoms with E-state index in [4.69, 9.17) is 11.6 Å². The lowest BCUT2D eigenvalue weighted by atomic mass is 9.99. The van der Waals surface area contributed by atoms with Gasteiger partial charge in [-0.3, -0.25) is 0 Å². The van der Waals surface area contributed by atoms with E-state index in [-0.39, 0.29) is 6.61 Å². The molecule has 1 unspecified atom stereocenters. The molecule has 2 heterocycles. The number of aryl methyl sites for hydroxylation is 1. The second-order valence-corrected chi connectivity index (χ2v) is 5.16. The summed E-state index contributed by atoms with van der Waals surface area (Å²) in [7, 11) is 0. The molecule has 1 aliphatic rings. The molecule has 3 rings (SSSR count). The van der Waals surface area contributed by atoms with Gasteiger partial charge in [-0.05, 0) is 25.0 Å². The minimum Gasteiger partial charge on any atom is -0.396 e. The molecule has 0 spiro atoms. The van der Waals surface area contributed by atoms with Crippen molar-refractivity contribution in [2.75, 3.05) is 6.61 Å². The van der Waals surface area contributed by atoms with Crippen LogP contribution in [0.1, 0.15) is 12.1 Å². The van der Waals surface area contributed by atoms with Crippen LogP contribution in [0.25, 0.3) is 11.4 Å². The Bertz CT molecular complexity index is 565. The van der Waals surface area contributed by atoms with E-state index >= 15 is 0 Å². The van der Waals surface area contributed by atoms with Crippen molar-refractivity contribution in [3.63, 3.8) is 0 Å². The van der Waals surface area contributed by atoms with Crippen LogP contribution in [-0.2, 0) is 13.0 Å². The van der Waals surface area contributed by atoms with Crippen LogP contribution in [0.4, 0.5) is 0 Å². The van der Waals surface area contributed by atoms with E-state index in [1.165, 1.54) is 5.69 Å². The molecule has 0 aliphatic carbocycles. The Morgan fingerprint density at radius 3 is 3.00 bits per heavy atom. The number of rotatable bonds is 2. The number of halogens is 1. The number of benzene rings is 1. The van der Waals surface area contributed by atoms with Crippen LogP contribution in [0.2, 0.25) is 5.02 Å². The molecule has 94 valence electrons. The topological polar surface area (TPSA) is 38.1 Å². The summed E-state index contributed by atoms with van der Waals surface area (Å²) in [5.41, 5.74) is 2.19. The number of aliphatic hydroxyl groups excluding tert-OH is 1. The average Bonchev–Trinajstić information content (AvgIpc) is 2.82. The highest BCUT2D eigenvalue weighted by molar-refractivity contribution is 6.33. The van der Waals surface area contributed by atoms with Crippen LogP contribution in [0.15, 0.2) is 30.5 Å². The first-order valence-corrected chi connectivity index (χ1v) is 6.57. The van der Waals surface area contributed by atoms with E-state index in [0.29, 0.717) is 5.92 Å². The lowest BCUT2D eigenvalue weighted by Crippen LogP contribution is -2.23. The predicted molar refractivity (Wildman–Crippen MR) is 71.6 cm³/mol. The molecule has 0 bridgehead atoms. The quantitative estimate of drug-likeness (QED) is 0.904. The summed E-state index contributed by atoms with van der Waals surface area (Å²) in [4.78, 5) is 4.49. The van der Waals surface area contributed by atoms with Gasteiger partial charge in [0.25, 0.3) is 0 Å². The van der Waals surface area contributed by atoms with E-state index in [9.17, 15) is 5.11 Å². The number of hydrogen-bond acceptors (Lipinski definition) is 2. The summed E-state index contributed by atoms with van der Waals surface area (Å²) in [6.07, 6.45) is 3.93. The number of aromatic nitrogens is 2. The summed E-state index contributed by atoms with van der Waals surface area (Å²) >= 11 is 6.23. The van der Waals surface area contributed by atoms with Crippen LogP contribution in [0.3, 0.4) is 0 Å².